The largest absolute Gasteiger partial charge is 1.00 e. The van der Waals surface area contributed by atoms with E-state index < -0.39 is 19.3 Å². The molecule has 4 aromatic rings. The first kappa shape index (κ1) is 30.0. The Morgan fingerprint density at radius 3 is 1.59 bits per heavy atom. The van der Waals surface area contributed by atoms with Crippen LogP contribution in [-0.4, -0.2) is 35.8 Å². The fourth-order valence-corrected chi connectivity index (χ4v) is 8.39. The zero-order chi connectivity index (χ0) is 26.8. The normalized spacial score (nSPS) is 11.5. The summed E-state index contributed by atoms with van der Waals surface area (Å²) in [5, 5.41) is 4.34. The Kier molecular flexibility index (Phi) is 11.2. The Morgan fingerprint density at radius 2 is 1.18 bits per heavy atom. The fourth-order valence-electron chi connectivity index (χ4n) is 4.36. The highest BCUT2D eigenvalue weighted by molar-refractivity contribution is 7.96. The fraction of sp³-hybridized carbons (Fsp3) is 0.125. The lowest BCUT2D eigenvalue weighted by atomic mass is 10.3. The number of nitrogens with zero attached hydrogens (tertiary/aromatic N) is 1. The van der Waals surface area contributed by atoms with Gasteiger partial charge in [-0.25, -0.2) is 9.86 Å². The van der Waals surface area contributed by atoms with Gasteiger partial charge in [0.2, 0.25) is 0 Å². The molecule has 4 aromatic carbocycles. The minimum atomic E-state index is -2.48. The van der Waals surface area contributed by atoms with Crippen LogP contribution in [-0.2, 0) is 14.4 Å². The van der Waals surface area contributed by atoms with Gasteiger partial charge in [-0.2, -0.15) is 0 Å². The van der Waals surface area contributed by atoms with E-state index in [1.54, 1.807) is 37.3 Å². The highest BCUT2D eigenvalue weighted by atomic mass is 79.9. The van der Waals surface area contributed by atoms with Gasteiger partial charge in [0.1, 0.15) is 28.9 Å². The lowest BCUT2D eigenvalue weighted by Gasteiger charge is -2.31. The van der Waals surface area contributed by atoms with E-state index in [-0.39, 0.29) is 35.7 Å². The van der Waals surface area contributed by atoms with Gasteiger partial charge >= 0.3 is 5.97 Å². The molecule has 39 heavy (non-hydrogen) atoms. The van der Waals surface area contributed by atoms with Crippen molar-refractivity contribution in [2.45, 2.75) is 13.0 Å². The average molecular weight is 604 g/mol. The van der Waals surface area contributed by atoms with Crippen LogP contribution in [0.4, 0.5) is 0 Å². The summed E-state index contributed by atoms with van der Waals surface area (Å²) in [6, 6.07) is 38.1. The van der Waals surface area contributed by atoms with Gasteiger partial charge in [-0.3, -0.25) is 9.63 Å². The molecule has 0 saturated carbocycles. The van der Waals surface area contributed by atoms with Crippen molar-refractivity contribution >= 4 is 35.1 Å². The second-order valence-corrected chi connectivity index (χ2v) is 12.2. The summed E-state index contributed by atoms with van der Waals surface area (Å²) in [6.45, 7) is 5.39. The lowest BCUT2D eigenvalue weighted by molar-refractivity contribution is -0.197. The molecule has 0 heterocycles. The molecular formula is C32H31BrNO4P. The Hall–Kier alpha value is -3.57. The van der Waals surface area contributed by atoms with Crippen LogP contribution in [0.25, 0.3) is 0 Å². The first-order valence-corrected chi connectivity index (χ1v) is 14.4. The lowest BCUT2D eigenvalue weighted by Crippen LogP contribution is -3.00. The Balaban J connectivity index is 0.00000420. The molecule has 0 radical (unpaired) electrons. The summed E-state index contributed by atoms with van der Waals surface area (Å²) < 4.78 is 5.54. The molecule has 0 aliphatic rings. The molecule has 5 nitrogen and oxygen atoms in total. The quantitative estimate of drug-likeness (QED) is 0.0864. The van der Waals surface area contributed by atoms with Gasteiger partial charge in [0, 0.05) is 0 Å². The molecule has 200 valence electrons. The van der Waals surface area contributed by atoms with Gasteiger partial charge in [0.25, 0.3) is 5.91 Å². The van der Waals surface area contributed by atoms with Crippen molar-refractivity contribution in [2.75, 3.05) is 12.8 Å². The van der Waals surface area contributed by atoms with Crippen molar-refractivity contribution in [3.63, 3.8) is 0 Å². The number of hydrogen-bond donors (Lipinski definition) is 0. The highest BCUT2D eigenvalue weighted by Gasteiger charge is 2.49. The van der Waals surface area contributed by atoms with Crippen LogP contribution in [0.15, 0.2) is 134 Å². The molecule has 0 aliphatic heterocycles. The summed E-state index contributed by atoms with van der Waals surface area (Å²) in [5.74, 6) is -0.494. The summed E-state index contributed by atoms with van der Waals surface area (Å²) in [6.07, 6.45) is 1.68. The van der Waals surface area contributed by atoms with E-state index in [9.17, 15) is 9.59 Å². The number of halogens is 1. The predicted octanol–water partition coefficient (Wildman–Crippen LogP) is 1.92. The molecule has 0 N–H and O–H groups in total. The van der Waals surface area contributed by atoms with Crippen molar-refractivity contribution in [3.05, 3.63) is 134 Å². The minimum absolute atomic E-state index is 0. The van der Waals surface area contributed by atoms with Crippen molar-refractivity contribution in [3.8, 4) is 5.75 Å². The predicted molar refractivity (Wildman–Crippen MR) is 155 cm³/mol. The Labute approximate surface area is 241 Å². The maximum atomic E-state index is 14.2. The summed E-state index contributed by atoms with van der Waals surface area (Å²) in [5.41, 5.74) is 0. The monoisotopic (exact) mass is 603 g/mol. The van der Waals surface area contributed by atoms with Gasteiger partial charge < -0.3 is 21.7 Å². The van der Waals surface area contributed by atoms with Gasteiger partial charge in [-0.1, -0.05) is 78.9 Å². The molecule has 1 amide bonds. The van der Waals surface area contributed by atoms with Crippen molar-refractivity contribution in [1.29, 1.82) is 0 Å². The molecule has 4 rings (SSSR count). The molecule has 0 aromatic heterocycles. The van der Waals surface area contributed by atoms with E-state index in [0.717, 1.165) is 21.0 Å². The molecule has 7 heteroatoms. The van der Waals surface area contributed by atoms with Crippen LogP contribution < -0.4 is 37.6 Å². The second kappa shape index (κ2) is 14.5. The number of para-hydroxylation sites is 1. The number of benzene rings is 4. The van der Waals surface area contributed by atoms with E-state index in [1.165, 1.54) is 0 Å². The average Bonchev–Trinajstić information content (AvgIpc) is 2.98. The number of ether oxygens (including phenoxy) is 1. The second-order valence-electron chi connectivity index (χ2n) is 8.69. The van der Waals surface area contributed by atoms with Crippen LogP contribution in [0.2, 0.25) is 0 Å². The van der Waals surface area contributed by atoms with E-state index in [0.29, 0.717) is 5.75 Å². The van der Waals surface area contributed by atoms with Crippen LogP contribution in [0.3, 0.4) is 0 Å². The topological polar surface area (TPSA) is 55.8 Å². The van der Waals surface area contributed by atoms with Crippen LogP contribution in [0.5, 0.6) is 5.75 Å². The third-order valence-electron chi connectivity index (χ3n) is 6.20. The Morgan fingerprint density at radius 1 is 0.769 bits per heavy atom. The standard InChI is InChI=1S/C32H31NO4P.BrH/c1-3-24-36-33(26(2)32(35)37-27-16-8-4-9-17-27)31(34)25-38(28-18-10-5-11-19-28,29-20-12-6-13-21-29)30-22-14-7-15-23-30;/h3-23,26H,1,24-25H2,2H3;1H/q+1;/p-1. The van der Waals surface area contributed by atoms with E-state index in [2.05, 4.69) is 43.0 Å². The highest BCUT2D eigenvalue weighted by Crippen LogP contribution is 2.55. The van der Waals surface area contributed by atoms with Gasteiger partial charge in [-0.05, 0) is 55.5 Å². The number of amides is 1. The number of hydroxylamine groups is 2. The molecule has 0 fully saturated rings. The maximum absolute atomic E-state index is 14.2. The molecular weight excluding hydrogens is 573 g/mol. The molecule has 1 unspecified atom stereocenters. The van der Waals surface area contributed by atoms with Gasteiger partial charge in [0.15, 0.2) is 12.2 Å². The minimum Gasteiger partial charge on any atom is -1.00 e. The first-order chi connectivity index (χ1) is 18.6. The molecule has 1 atom stereocenters. The van der Waals surface area contributed by atoms with Gasteiger partial charge in [0.05, 0.1) is 6.61 Å². The number of esters is 1. The van der Waals surface area contributed by atoms with Crippen LogP contribution >= 0.6 is 7.26 Å². The zero-order valence-electron chi connectivity index (χ0n) is 21.7. The molecule has 0 saturated heterocycles. The number of hydrogen-bond acceptors (Lipinski definition) is 4. The van der Waals surface area contributed by atoms with Crippen molar-refractivity contribution in [2.24, 2.45) is 0 Å². The number of carbonyl (C=O) groups is 2. The number of carbonyl (C=O) groups excluding carboxylic acids is 2. The third kappa shape index (κ3) is 7.10. The SMILES string of the molecule is C=CCON(C(=O)C[P+](c1ccccc1)(c1ccccc1)c1ccccc1)C(C)C(=O)Oc1ccccc1.[Br-]. The summed E-state index contributed by atoms with van der Waals surface area (Å²) in [4.78, 5) is 33.1. The van der Waals surface area contributed by atoms with E-state index in [1.807, 2.05) is 60.7 Å². The van der Waals surface area contributed by atoms with Crippen molar-refractivity contribution in [1.82, 2.24) is 5.06 Å². The molecule has 0 aliphatic carbocycles. The van der Waals surface area contributed by atoms with Crippen LogP contribution in [0, 0.1) is 0 Å². The number of rotatable bonds is 11. The third-order valence-corrected chi connectivity index (χ3v) is 10.5. The molecule has 0 spiro atoms. The maximum Gasteiger partial charge on any atom is 0.336 e. The van der Waals surface area contributed by atoms with Crippen LogP contribution in [0.1, 0.15) is 6.92 Å². The smallest absolute Gasteiger partial charge is 0.336 e. The van der Waals surface area contributed by atoms with E-state index >= 15 is 0 Å². The Bertz CT molecular complexity index is 1240. The summed E-state index contributed by atoms with van der Waals surface area (Å²) >= 11 is 0. The summed E-state index contributed by atoms with van der Waals surface area (Å²) in [7, 11) is -2.48. The van der Waals surface area contributed by atoms with Crippen molar-refractivity contribution < 1.29 is 36.1 Å². The van der Waals surface area contributed by atoms with Gasteiger partial charge in [-0.15, -0.1) is 6.58 Å². The first-order valence-electron chi connectivity index (χ1n) is 12.4. The zero-order valence-corrected chi connectivity index (χ0v) is 24.2. The van der Waals surface area contributed by atoms with E-state index in [4.69, 9.17) is 9.57 Å². The molecule has 0 bridgehead atoms.